The first-order chi connectivity index (χ1) is 12.4. The fourth-order valence-corrected chi connectivity index (χ4v) is 2.95. The number of furan rings is 1. The molecule has 3 nitrogen and oxygen atoms in total. The number of halogens is 3. The van der Waals surface area contributed by atoms with E-state index in [9.17, 15) is 13.2 Å². The van der Waals surface area contributed by atoms with E-state index in [2.05, 4.69) is 4.98 Å². The predicted octanol–water partition coefficient (Wildman–Crippen LogP) is 5.67. The number of hydrogen-bond acceptors (Lipinski definition) is 2. The van der Waals surface area contributed by atoms with Crippen molar-refractivity contribution in [2.24, 2.45) is 0 Å². The number of fused-ring (bicyclic) bond motifs is 1. The van der Waals surface area contributed by atoms with Crippen molar-refractivity contribution in [3.05, 3.63) is 77.7 Å². The van der Waals surface area contributed by atoms with Gasteiger partial charge < -0.3 is 8.98 Å². The molecule has 0 aliphatic carbocycles. The summed E-state index contributed by atoms with van der Waals surface area (Å²) in [4.78, 5) is 4.49. The molecule has 6 heteroatoms. The van der Waals surface area contributed by atoms with Gasteiger partial charge in [0.2, 0.25) is 0 Å². The summed E-state index contributed by atoms with van der Waals surface area (Å²) in [6.45, 7) is 2.36. The molecule has 0 amide bonds. The van der Waals surface area contributed by atoms with Crippen molar-refractivity contribution in [1.29, 1.82) is 0 Å². The summed E-state index contributed by atoms with van der Waals surface area (Å²) in [5.74, 6) is 1.31. The Labute approximate surface area is 147 Å². The Morgan fingerprint density at radius 3 is 2.46 bits per heavy atom. The third-order valence-corrected chi connectivity index (χ3v) is 4.28. The Bertz CT molecular complexity index is 1050. The molecular weight excluding hydrogens is 341 g/mol. The molecule has 0 saturated heterocycles. The molecular formula is C20H15F3N2O. The molecule has 0 aliphatic rings. The van der Waals surface area contributed by atoms with Crippen molar-refractivity contribution in [2.45, 2.75) is 19.6 Å². The van der Waals surface area contributed by atoms with Gasteiger partial charge in [0, 0.05) is 5.56 Å². The Kier molecular flexibility index (Phi) is 3.83. The average molecular weight is 356 g/mol. The minimum Gasteiger partial charge on any atom is -0.467 e. The van der Waals surface area contributed by atoms with Crippen molar-refractivity contribution < 1.29 is 17.6 Å². The van der Waals surface area contributed by atoms with Gasteiger partial charge in [0.05, 0.1) is 29.4 Å². The van der Waals surface area contributed by atoms with Crippen LogP contribution in [-0.4, -0.2) is 9.55 Å². The number of hydrogen-bond donors (Lipinski definition) is 0. The smallest absolute Gasteiger partial charge is 0.416 e. The first-order valence-electron chi connectivity index (χ1n) is 8.09. The van der Waals surface area contributed by atoms with Crippen LogP contribution >= 0.6 is 0 Å². The van der Waals surface area contributed by atoms with E-state index in [-0.39, 0.29) is 0 Å². The number of rotatable bonds is 3. The van der Waals surface area contributed by atoms with E-state index >= 15 is 0 Å². The topological polar surface area (TPSA) is 31.0 Å². The molecule has 132 valence electrons. The minimum atomic E-state index is -4.40. The van der Waals surface area contributed by atoms with E-state index in [4.69, 9.17) is 4.42 Å². The van der Waals surface area contributed by atoms with Gasteiger partial charge in [-0.1, -0.05) is 29.8 Å². The fourth-order valence-electron chi connectivity index (χ4n) is 2.95. The van der Waals surface area contributed by atoms with Crippen molar-refractivity contribution in [3.8, 4) is 11.4 Å². The van der Waals surface area contributed by atoms with Gasteiger partial charge in [0.25, 0.3) is 0 Å². The average Bonchev–Trinajstić information content (AvgIpc) is 3.23. The van der Waals surface area contributed by atoms with Gasteiger partial charge in [0.15, 0.2) is 0 Å². The van der Waals surface area contributed by atoms with Crippen LogP contribution in [0.2, 0.25) is 0 Å². The SMILES string of the molecule is Cc1ccc(-c2nc3cc(C(F)(F)F)ccc3n2Cc2ccco2)cc1. The maximum absolute atomic E-state index is 13.0. The van der Waals surface area contributed by atoms with Crippen molar-refractivity contribution >= 4 is 11.0 Å². The highest BCUT2D eigenvalue weighted by Crippen LogP contribution is 2.33. The van der Waals surface area contributed by atoms with Crippen LogP contribution in [0.3, 0.4) is 0 Å². The van der Waals surface area contributed by atoms with Gasteiger partial charge in [-0.3, -0.25) is 0 Å². The van der Waals surface area contributed by atoms with Crippen LogP contribution in [0.1, 0.15) is 16.9 Å². The second-order valence-electron chi connectivity index (χ2n) is 6.17. The molecule has 0 atom stereocenters. The maximum atomic E-state index is 13.0. The van der Waals surface area contributed by atoms with Crippen LogP contribution in [0.25, 0.3) is 22.4 Å². The molecule has 0 aliphatic heterocycles. The molecule has 2 aromatic heterocycles. The van der Waals surface area contributed by atoms with Crippen molar-refractivity contribution in [3.63, 3.8) is 0 Å². The first-order valence-corrected chi connectivity index (χ1v) is 8.09. The zero-order valence-corrected chi connectivity index (χ0v) is 13.9. The third-order valence-electron chi connectivity index (χ3n) is 4.28. The summed E-state index contributed by atoms with van der Waals surface area (Å²) in [5.41, 5.74) is 2.17. The number of aromatic nitrogens is 2. The maximum Gasteiger partial charge on any atom is 0.416 e. The molecule has 26 heavy (non-hydrogen) atoms. The molecule has 0 fully saturated rings. The van der Waals surface area contributed by atoms with E-state index in [1.54, 1.807) is 12.3 Å². The summed E-state index contributed by atoms with van der Waals surface area (Å²) in [7, 11) is 0. The number of nitrogens with zero attached hydrogens (tertiary/aromatic N) is 2. The van der Waals surface area contributed by atoms with Crippen LogP contribution in [0.15, 0.2) is 65.3 Å². The first kappa shape index (κ1) is 16.4. The van der Waals surface area contributed by atoms with E-state index in [0.29, 0.717) is 29.2 Å². The monoisotopic (exact) mass is 356 g/mol. The summed E-state index contributed by atoms with van der Waals surface area (Å²) >= 11 is 0. The molecule has 2 heterocycles. The van der Waals surface area contributed by atoms with Crippen LogP contribution < -0.4 is 0 Å². The van der Waals surface area contributed by atoms with E-state index in [0.717, 1.165) is 23.3 Å². The van der Waals surface area contributed by atoms with Crippen LogP contribution in [0.5, 0.6) is 0 Å². The fraction of sp³-hybridized carbons (Fsp3) is 0.150. The number of imidazole rings is 1. The van der Waals surface area contributed by atoms with Crippen LogP contribution in [0.4, 0.5) is 13.2 Å². The van der Waals surface area contributed by atoms with Gasteiger partial charge in [-0.15, -0.1) is 0 Å². The predicted molar refractivity (Wildman–Crippen MR) is 92.7 cm³/mol. The number of alkyl halides is 3. The van der Waals surface area contributed by atoms with Crippen LogP contribution in [0, 0.1) is 6.92 Å². The molecule has 0 spiro atoms. The van der Waals surface area contributed by atoms with Crippen LogP contribution in [-0.2, 0) is 12.7 Å². The van der Waals surface area contributed by atoms with Gasteiger partial charge in [-0.05, 0) is 37.3 Å². The largest absolute Gasteiger partial charge is 0.467 e. The highest BCUT2D eigenvalue weighted by molar-refractivity contribution is 5.81. The van der Waals surface area contributed by atoms with Gasteiger partial charge in [-0.25, -0.2) is 4.98 Å². The highest BCUT2D eigenvalue weighted by Gasteiger charge is 2.31. The summed E-state index contributed by atoms with van der Waals surface area (Å²) in [5, 5.41) is 0. The van der Waals surface area contributed by atoms with Gasteiger partial charge in [-0.2, -0.15) is 13.2 Å². The molecule has 0 radical (unpaired) electrons. The Balaban J connectivity index is 1.91. The quantitative estimate of drug-likeness (QED) is 0.473. The van der Waals surface area contributed by atoms with Gasteiger partial charge >= 0.3 is 6.18 Å². The van der Waals surface area contributed by atoms with E-state index in [1.165, 1.54) is 6.07 Å². The second-order valence-corrected chi connectivity index (χ2v) is 6.17. The summed E-state index contributed by atoms with van der Waals surface area (Å²) in [6.07, 6.45) is -2.83. The molecule has 4 rings (SSSR count). The van der Waals surface area contributed by atoms with Crippen molar-refractivity contribution in [2.75, 3.05) is 0 Å². The molecule has 0 bridgehead atoms. The lowest BCUT2D eigenvalue weighted by atomic mass is 10.1. The standard InChI is InChI=1S/C20H15F3N2O/c1-13-4-6-14(7-5-13)19-24-17-11-15(20(21,22)23)8-9-18(17)25(19)12-16-3-2-10-26-16/h2-11H,12H2,1H3. The third kappa shape index (κ3) is 2.98. The summed E-state index contributed by atoms with van der Waals surface area (Å²) in [6, 6.07) is 15.0. The lowest BCUT2D eigenvalue weighted by Crippen LogP contribution is -2.05. The lowest BCUT2D eigenvalue weighted by molar-refractivity contribution is -0.137. The second kappa shape index (κ2) is 6.05. The molecule has 0 unspecified atom stereocenters. The van der Waals surface area contributed by atoms with Gasteiger partial charge in [0.1, 0.15) is 11.6 Å². The normalized spacial score (nSPS) is 12.0. The van der Waals surface area contributed by atoms with E-state index in [1.807, 2.05) is 41.8 Å². The molecule has 4 aromatic rings. The lowest BCUT2D eigenvalue weighted by Gasteiger charge is -2.09. The minimum absolute atomic E-state index is 0.307. The molecule has 2 aromatic carbocycles. The zero-order valence-electron chi connectivity index (χ0n) is 13.9. The van der Waals surface area contributed by atoms with E-state index < -0.39 is 11.7 Å². The number of benzene rings is 2. The summed E-state index contributed by atoms with van der Waals surface area (Å²) < 4.78 is 46.4. The number of aryl methyl sites for hydroxylation is 1. The molecule has 0 saturated carbocycles. The van der Waals surface area contributed by atoms with Crippen molar-refractivity contribution in [1.82, 2.24) is 9.55 Å². The Hall–Kier alpha value is -3.02. The molecule has 0 N–H and O–H groups in total. The Morgan fingerprint density at radius 1 is 1.04 bits per heavy atom. The Morgan fingerprint density at radius 2 is 1.81 bits per heavy atom. The zero-order chi connectivity index (χ0) is 18.3. The highest BCUT2D eigenvalue weighted by atomic mass is 19.4.